The Morgan fingerprint density at radius 3 is 2.83 bits per heavy atom. The Morgan fingerprint density at radius 1 is 1.33 bits per heavy atom. The van der Waals surface area contributed by atoms with E-state index in [0.717, 1.165) is 16.9 Å². The van der Waals surface area contributed by atoms with Crippen molar-refractivity contribution in [3.05, 3.63) is 65.5 Å². The minimum absolute atomic E-state index is 0.0759. The van der Waals surface area contributed by atoms with Crippen molar-refractivity contribution >= 4 is 17.5 Å². The summed E-state index contributed by atoms with van der Waals surface area (Å²) in [6, 6.07) is 7.25. The van der Waals surface area contributed by atoms with E-state index in [9.17, 15) is 9.59 Å². The zero-order valence-corrected chi connectivity index (χ0v) is 17.3. The van der Waals surface area contributed by atoms with Crippen LogP contribution in [0, 0.1) is 6.92 Å². The van der Waals surface area contributed by atoms with Crippen LogP contribution in [0.1, 0.15) is 46.8 Å². The Morgan fingerprint density at radius 2 is 2.13 bits per heavy atom. The first kappa shape index (κ1) is 18.6. The van der Waals surface area contributed by atoms with Gasteiger partial charge in [-0.2, -0.15) is 5.10 Å². The lowest BCUT2D eigenvalue weighted by Gasteiger charge is -2.33. The van der Waals surface area contributed by atoms with Crippen LogP contribution in [0.2, 0.25) is 0 Å². The Balaban J connectivity index is 1.67. The lowest BCUT2D eigenvalue weighted by Crippen LogP contribution is -2.43. The predicted molar refractivity (Wildman–Crippen MR) is 111 cm³/mol. The standard InChI is InChI=1S/C22H24N6O2/c1-4-28-14(2)15(13-24-28)20(29)27-11-9-22(18(27)19-23-10-12-26(19)3)16-7-5-6-8-17(16)25-21(22)30/h5-8,10,12-13,18H,4,9,11H2,1-3H3,(H,25,30)/t18-,22+/m0/s1. The van der Waals surface area contributed by atoms with E-state index in [4.69, 9.17) is 0 Å². The van der Waals surface area contributed by atoms with Gasteiger partial charge in [0.05, 0.1) is 11.8 Å². The van der Waals surface area contributed by atoms with Crippen molar-refractivity contribution in [3.8, 4) is 0 Å². The van der Waals surface area contributed by atoms with Crippen LogP contribution < -0.4 is 5.32 Å². The van der Waals surface area contributed by atoms with Crippen LogP contribution >= 0.6 is 0 Å². The number of amides is 2. The summed E-state index contributed by atoms with van der Waals surface area (Å²) in [5.41, 5.74) is 2.28. The lowest BCUT2D eigenvalue weighted by atomic mass is 9.74. The number of carbonyl (C=O) groups excluding carboxylic acids is 2. The highest BCUT2D eigenvalue weighted by Gasteiger charge is 2.60. The van der Waals surface area contributed by atoms with Gasteiger partial charge in [-0.1, -0.05) is 18.2 Å². The molecule has 0 bridgehead atoms. The highest BCUT2D eigenvalue weighted by Crippen LogP contribution is 2.54. The number of carbonyl (C=O) groups is 2. The maximum Gasteiger partial charge on any atom is 0.257 e. The van der Waals surface area contributed by atoms with E-state index in [0.29, 0.717) is 30.9 Å². The molecule has 5 rings (SSSR count). The fraction of sp³-hybridized carbons (Fsp3) is 0.364. The number of hydrogen-bond donors (Lipinski definition) is 1. The van der Waals surface area contributed by atoms with Gasteiger partial charge in [-0.25, -0.2) is 4.98 Å². The van der Waals surface area contributed by atoms with Crippen molar-refractivity contribution in [3.63, 3.8) is 0 Å². The summed E-state index contributed by atoms with van der Waals surface area (Å²) in [5.74, 6) is 0.510. The molecule has 4 heterocycles. The van der Waals surface area contributed by atoms with Crippen LogP contribution in [-0.2, 0) is 23.8 Å². The average Bonchev–Trinajstić information content (AvgIpc) is 3.49. The van der Waals surface area contributed by atoms with E-state index >= 15 is 0 Å². The fourth-order valence-electron chi connectivity index (χ4n) is 5.03. The minimum Gasteiger partial charge on any atom is -0.336 e. The van der Waals surface area contributed by atoms with Gasteiger partial charge in [0.1, 0.15) is 17.3 Å². The lowest BCUT2D eigenvalue weighted by molar-refractivity contribution is -0.121. The number of anilines is 1. The van der Waals surface area contributed by atoms with Gasteiger partial charge >= 0.3 is 0 Å². The number of fused-ring (bicyclic) bond motifs is 2. The molecule has 154 valence electrons. The van der Waals surface area contributed by atoms with E-state index in [1.54, 1.807) is 17.3 Å². The Kier molecular flexibility index (Phi) is 4.06. The first-order valence-electron chi connectivity index (χ1n) is 10.2. The molecule has 1 N–H and O–H groups in total. The number of nitrogens with zero attached hydrogens (tertiary/aromatic N) is 5. The third kappa shape index (κ3) is 2.33. The molecular formula is C22H24N6O2. The smallest absolute Gasteiger partial charge is 0.257 e. The summed E-state index contributed by atoms with van der Waals surface area (Å²) in [7, 11) is 1.90. The zero-order valence-electron chi connectivity index (χ0n) is 17.3. The normalized spacial score (nSPS) is 22.6. The molecule has 1 aromatic carbocycles. The molecule has 0 aliphatic carbocycles. The molecule has 30 heavy (non-hydrogen) atoms. The number of benzene rings is 1. The number of nitrogens with one attached hydrogen (secondary N) is 1. The van der Waals surface area contributed by atoms with Gasteiger partial charge in [0.15, 0.2) is 0 Å². The molecule has 8 nitrogen and oxygen atoms in total. The van der Waals surface area contributed by atoms with E-state index in [1.165, 1.54) is 0 Å². The molecule has 1 spiro atoms. The number of imidazole rings is 1. The highest BCUT2D eigenvalue weighted by molar-refractivity contribution is 6.08. The van der Waals surface area contributed by atoms with Gasteiger partial charge in [-0.05, 0) is 31.9 Å². The van der Waals surface area contributed by atoms with Crippen LogP contribution in [-0.4, -0.2) is 42.6 Å². The third-order valence-electron chi connectivity index (χ3n) is 6.58. The summed E-state index contributed by atoms with van der Waals surface area (Å²) in [6.45, 7) is 5.06. The third-order valence-corrected chi connectivity index (χ3v) is 6.58. The first-order chi connectivity index (χ1) is 14.5. The van der Waals surface area contributed by atoms with Crippen LogP contribution in [0.3, 0.4) is 0 Å². The second kappa shape index (κ2) is 6.55. The molecule has 0 radical (unpaired) electrons. The van der Waals surface area contributed by atoms with Gasteiger partial charge in [-0.15, -0.1) is 0 Å². The maximum absolute atomic E-state index is 13.7. The summed E-state index contributed by atoms with van der Waals surface area (Å²) in [6.07, 6.45) is 5.73. The zero-order chi connectivity index (χ0) is 21.0. The van der Waals surface area contributed by atoms with Crippen LogP contribution in [0.5, 0.6) is 0 Å². The largest absolute Gasteiger partial charge is 0.336 e. The van der Waals surface area contributed by atoms with Gasteiger partial charge in [0.25, 0.3) is 5.91 Å². The molecule has 2 aliphatic rings. The number of aryl methyl sites for hydroxylation is 2. The van der Waals surface area contributed by atoms with Crippen LogP contribution in [0.15, 0.2) is 42.9 Å². The SMILES string of the molecule is CCn1ncc(C(=O)N2CC[C@]3(C(=O)Nc4ccccc43)[C@@H]2c2nccn2C)c1C. The molecular weight excluding hydrogens is 380 g/mol. The average molecular weight is 404 g/mol. The van der Waals surface area contributed by atoms with E-state index < -0.39 is 11.5 Å². The summed E-state index contributed by atoms with van der Waals surface area (Å²) >= 11 is 0. The predicted octanol–water partition coefficient (Wildman–Crippen LogP) is 2.42. The molecule has 2 atom stereocenters. The molecule has 3 aromatic rings. The summed E-state index contributed by atoms with van der Waals surface area (Å²) < 4.78 is 3.71. The Labute approximate surface area is 174 Å². The van der Waals surface area contributed by atoms with Gasteiger partial charge in [-0.3, -0.25) is 14.3 Å². The number of rotatable bonds is 3. The first-order valence-corrected chi connectivity index (χ1v) is 10.2. The van der Waals surface area contributed by atoms with E-state index in [1.807, 2.05) is 60.6 Å². The van der Waals surface area contributed by atoms with Gasteiger partial charge in [0, 0.05) is 43.9 Å². The summed E-state index contributed by atoms with van der Waals surface area (Å²) in [4.78, 5) is 33.4. The quantitative estimate of drug-likeness (QED) is 0.727. The van der Waals surface area contributed by atoms with Crippen molar-refractivity contribution in [2.45, 2.75) is 38.3 Å². The second-order valence-electron chi connectivity index (χ2n) is 7.98. The number of para-hydroxylation sites is 1. The Bertz CT molecular complexity index is 1160. The van der Waals surface area contributed by atoms with E-state index in [2.05, 4.69) is 15.4 Å². The topological polar surface area (TPSA) is 85.1 Å². The van der Waals surface area contributed by atoms with Crippen molar-refractivity contribution < 1.29 is 9.59 Å². The monoisotopic (exact) mass is 404 g/mol. The van der Waals surface area contributed by atoms with Gasteiger partial charge < -0.3 is 14.8 Å². The molecule has 1 fully saturated rings. The number of likely N-dealkylation sites (tertiary alicyclic amines) is 1. The summed E-state index contributed by atoms with van der Waals surface area (Å²) in [5, 5.41) is 7.38. The van der Waals surface area contributed by atoms with Crippen LogP contribution in [0.4, 0.5) is 5.69 Å². The number of aromatic nitrogens is 4. The Hall–Kier alpha value is -3.42. The van der Waals surface area contributed by atoms with E-state index in [-0.39, 0.29) is 11.8 Å². The van der Waals surface area contributed by atoms with Crippen molar-refractivity contribution in [1.82, 2.24) is 24.2 Å². The van der Waals surface area contributed by atoms with Gasteiger partial charge in [0.2, 0.25) is 5.91 Å². The minimum atomic E-state index is -0.861. The fourth-order valence-corrected chi connectivity index (χ4v) is 5.03. The van der Waals surface area contributed by atoms with Crippen molar-refractivity contribution in [2.75, 3.05) is 11.9 Å². The van der Waals surface area contributed by atoms with Crippen LogP contribution in [0.25, 0.3) is 0 Å². The molecule has 8 heteroatoms. The van der Waals surface area contributed by atoms with Crippen molar-refractivity contribution in [1.29, 1.82) is 0 Å². The second-order valence-corrected chi connectivity index (χ2v) is 7.98. The van der Waals surface area contributed by atoms with Crippen molar-refractivity contribution in [2.24, 2.45) is 7.05 Å². The molecule has 0 saturated carbocycles. The molecule has 0 unspecified atom stereocenters. The molecule has 2 aromatic heterocycles. The maximum atomic E-state index is 13.7. The molecule has 2 aliphatic heterocycles. The molecule has 2 amide bonds. The highest BCUT2D eigenvalue weighted by atomic mass is 16.2. The molecule has 1 saturated heterocycles. The number of hydrogen-bond acceptors (Lipinski definition) is 4.